The zero-order chi connectivity index (χ0) is 12.2. The van der Waals surface area contributed by atoms with Crippen molar-refractivity contribution in [3.8, 4) is 11.8 Å². The monoisotopic (exact) mass is 222 g/mol. The molecule has 1 rings (SSSR count). The molecule has 0 bridgehead atoms. The first kappa shape index (κ1) is 12.3. The van der Waals surface area contributed by atoms with Crippen molar-refractivity contribution < 1.29 is 9.13 Å². The zero-order valence-electron chi connectivity index (χ0n) is 9.67. The van der Waals surface area contributed by atoms with E-state index in [-0.39, 0.29) is 5.75 Å². The van der Waals surface area contributed by atoms with Gasteiger partial charge in [-0.05, 0) is 32.9 Å². The Hall–Kier alpha value is -1.76. The van der Waals surface area contributed by atoms with Gasteiger partial charge in [-0.3, -0.25) is 0 Å². The quantitative estimate of drug-likeness (QED) is 0.851. The van der Waals surface area contributed by atoms with E-state index in [4.69, 9.17) is 10.00 Å². The zero-order valence-corrected chi connectivity index (χ0v) is 9.67. The molecule has 0 fully saturated rings. The van der Waals surface area contributed by atoms with Crippen LogP contribution in [-0.4, -0.2) is 12.1 Å². The molecule has 0 radical (unpaired) electrons. The van der Waals surface area contributed by atoms with Gasteiger partial charge in [0.2, 0.25) is 0 Å². The molecule has 16 heavy (non-hydrogen) atoms. The summed E-state index contributed by atoms with van der Waals surface area (Å²) in [5.41, 5.74) is -0.160. The molecule has 0 aromatic heterocycles. The van der Waals surface area contributed by atoms with Gasteiger partial charge in [0.25, 0.3) is 0 Å². The average Bonchev–Trinajstić information content (AvgIpc) is 2.22. The molecule has 0 aliphatic rings. The first-order valence-corrected chi connectivity index (χ1v) is 5.10. The number of anilines is 1. The lowest BCUT2D eigenvalue weighted by Gasteiger charge is -2.19. The highest BCUT2D eigenvalue weighted by molar-refractivity contribution is 5.50. The van der Waals surface area contributed by atoms with E-state index in [1.165, 1.54) is 6.07 Å². The summed E-state index contributed by atoms with van der Waals surface area (Å²) < 4.78 is 18.5. The summed E-state index contributed by atoms with van der Waals surface area (Å²) in [6, 6.07) is 6.65. The number of nitrogens with one attached hydrogen (secondary N) is 1. The van der Waals surface area contributed by atoms with Crippen molar-refractivity contribution in [3.63, 3.8) is 0 Å². The topological polar surface area (TPSA) is 45.0 Å². The Morgan fingerprint density at radius 3 is 2.69 bits per heavy atom. The second kappa shape index (κ2) is 4.84. The number of nitriles is 1. The highest BCUT2D eigenvalue weighted by Gasteiger charge is 2.16. The Bertz CT molecular complexity index is 410. The molecule has 0 aliphatic heterocycles. The van der Waals surface area contributed by atoms with Gasteiger partial charge in [-0.1, -0.05) is 0 Å². The molecular formula is C12H15FN2O. The van der Waals surface area contributed by atoms with Crippen molar-refractivity contribution in [2.24, 2.45) is 0 Å². The van der Waals surface area contributed by atoms with Crippen LogP contribution >= 0.6 is 0 Å². The lowest BCUT2D eigenvalue weighted by Crippen LogP contribution is -2.28. The van der Waals surface area contributed by atoms with Gasteiger partial charge in [-0.2, -0.15) is 5.26 Å². The standard InChI is InChI=1S/C12H15FN2O/c1-4-16-11-6-5-9(7-10(11)13)15-12(2,3)8-14/h5-7,15H,4H2,1-3H3. The minimum absolute atomic E-state index is 0.225. The van der Waals surface area contributed by atoms with Gasteiger partial charge in [-0.25, -0.2) is 4.39 Å². The molecule has 0 atom stereocenters. The normalized spacial score (nSPS) is 10.7. The minimum atomic E-state index is -0.723. The molecule has 86 valence electrons. The van der Waals surface area contributed by atoms with Crippen molar-refractivity contribution in [3.05, 3.63) is 24.0 Å². The number of rotatable bonds is 4. The minimum Gasteiger partial charge on any atom is -0.491 e. The van der Waals surface area contributed by atoms with Crippen LogP contribution in [0.2, 0.25) is 0 Å². The van der Waals surface area contributed by atoms with E-state index in [1.54, 1.807) is 32.9 Å². The van der Waals surface area contributed by atoms with Crippen molar-refractivity contribution in [1.82, 2.24) is 0 Å². The Balaban J connectivity index is 2.86. The Labute approximate surface area is 94.8 Å². The number of nitrogens with zero attached hydrogens (tertiary/aromatic N) is 1. The summed E-state index contributed by atoms with van der Waals surface area (Å²) in [7, 11) is 0. The highest BCUT2D eigenvalue weighted by atomic mass is 19.1. The van der Waals surface area contributed by atoms with Crippen molar-refractivity contribution in [2.75, 3.05) is 11.9 Å². The van der Waals surface area contributed by atoms with Crippen LogP contribution in [0.25, 0.3) is 0 Å². The maximum Gasteiger partial charge on any atom is 0.167 e. The van der Waals surface area contributed by atoms with E-state index in [0.29, 0.717) is 12.3 Å². The maximum absolute atomic E-state index is 13.5. The number of halogens is 1. The largest absolute Gasteiger partial charge is 0.491 e. The summed E-state index contributed by atoms with van der Waals surface area (Å²) in [6.07, 6.45) is 0. The van der Waals surface area contributed by atoms with Crippen LogP contribution in [0.1, 0.15) is 20.8 Å². The van der Waals surface area contributed by atoms with Crippen molar-refractivity contribution in [1.29, 1.82) is 5.26 Å². The lowest BCUT2D eigenvalue weighted by atomic mass is 10.1. The van der Waals surface area contributed by atoms with Crippen molar-refractivity contribution in [2.45, 2.75) is 26.3 Å². The van der Waals surface area contributed by atoms with E-state index in [2.05, 4.69) is 11.4 Å². The molecule has 0 heterocycles. The first-order valence-electron chi connectivity index (χ1n) is 5.10. The van der Waals surface area contributed by atoms with E-state index < -0.39 is 11.4 Å². The van der Waals surface area contributed by atoms with Crippen LogP contribution in [0.3, 0.4) is 0 Å². The first-order chi connectivity index (χ1) is 7.48. The van der Waals surface area contributed by atoms with E-state index in [0.717, 1.165) is 0 Å². The third-order valence-corrected chi connectivity index (χ3v) is 1.97. The van der Waals surface area contributed by atoms with Gasteiger partial charge in [0, 0.05) is 11.8 Å². The second-order valence-corrected chi connectivity index (χ2v) is 3.94. The van der Waals surface area contributed by atoms with Gasteiger partial charge in [-0.15, -0.1) is 0 Å². The summed E-state index contributed by atoms with van der Waals surface area (Å²) >= 11 is 0. The van der Waals surface area contributed by atoms with Gasteiger partial charge in [0.1, 0.15) is 5.54 Å². The van der Waals surface area contributed by atoms with Gasteiger partial charge in [0.05, 0.1) is 12.7 Å². The van der Waals surface area contributed by atoms with Crippen LogP contribution in [0.4, 0.5) is 10.1 Å². The van der Waals surface area contributed by atoms with E-state index in [9.17, 15) is 4.39 Å². The molecule has 1 aromatic rings. The van der Waals surface area contributed by atoms with Gasteiger partial charge < -0.3 is 10.1 Å². The number of benzene rings is 1. The van der Waals surface area contributed by atoms with E-state index in [1.807, 2.05) is 0 Å². The molecule has 0 unspecified atom stereocenters. The molecule has 0 spiro atoms. The Morgan fingerprint density at radius 1 is 1.50 bits per heavy atom. The number of hydrogen-bond acceptors (Lipinski definition) is 3. The SMILES string of the molecule is CCOc1ccc(NC(C)(C)C#N)cc1F. The second-order valence-electron chi connectivity index (χ2n) is 3.94. The number of hydrogen-bond donors (Lipinski definition) is 1. The van der Waals surface area contributed by atoms with Crippen LogP contribution < -0.4 is 10.1 Å². The molecular weight excluding hydrogens is 207 g/mol. The molecule has 0 saturated heterocycles. The summed E-state index contributed by atoms with van der Waals surface area (Å²) in [6.45, 7) is 5.67. The van der Waals surface area contributed by atoms with Crippen molar-refractivity contribution >= 4 is 5.69 Å². The molecule has 1 N–H and O–H groups in total. The van der Waals surface area contributed by atoms with Crippen LogP contribution in [-0.2, 0) is 0 Å². The smallest absolute Gasteiger partial charge is 0.167 e. The molecule has 0 aliphatic carbocycles. The summed E-state index contributed by atoms with van der Waals surface area (Å²) in [5.74, 6) is -0.205. The van der Waals surface area contributed by atoms with Crippen LogP contribution in [0.5, 0.6) is 5.75 Å². The Kier molecular flexibility index (Phi) is 3.73. The highest BCUT2D eigenvalue weighted by Crippen LogP contribution is 2.23. The van der Waals surface area contributed by atoms with Crippen LogP contribution in [0.15, 0.2) is 18.2 Å². The summed E-state index contributed by atoms with van der Waals surface area (Å²) in [5, 5.41) is 11.8. The van der Waals surface area contributed by atoms with Gasteiger partial charge >= 0.3 is 0 Å². The fourth-order valence-electron chi connectivity index (χ4n) is 1.24. The fourth-order valence-corrected chi connectivity index (χ4v) is 1.24. The maximum atomic E-state index is 13.5. The van der Waals surface area contributed by atoms with Crippen LogP contribution in [0, 0.1) is 17.1 Å². The number of ether oxygens (including phenoxy) is 1. The lowest BCUT2D eigenvalue weighted by molar-refractivity contribution is 0.321. The molecule has 0 saturated carbocycles. The Morgan fingerprint density at radius 2 is 2.19 bits per heavy atom. The third-order valence-electron chi connectivity index (χ3n) is 1.97. The molecule has 0 amide bonds. The average molecular weight is 222 g/mol. The molecule has 3 nitrogen and oxygen atoms in total. The predicted octanol–water partition coefficient (Wildman–Crippen LogP) is 2.94. The fraction of sp³-hybridized carbons (Fsp3) is 0.417. The summed E-state index contributed by atoms with van der Waals surface area (Å²) in [4.78, 5) is 0. The third kappa shape index (κ3) is 3.13. The molecule has 4 heteroatoms. The molecule has 1 aromatic carbocycles. The van der Waals surface area contributed by atoms with Gasteiger partial charge in [0.15, 0.2) is 11.6 Å². The predicted molar refractivity (Wildman–Crippen MR) is 60.9 cm³/mol. The van der Waals surface area contributed by atoms with E-state index >= 15 is 0 Å².